The van der Waals surface area contributed by atoms with E-state index in [0.717, 1.165) is 10.9 Å². The van der Waals surface area contributed by atoms with E-state index >= 15 is 0 Å². The number of hydrogen-bond donors (Lipinski definition) is 2. The molecule has 0 saturated carbocycles. The van der Waals surface area contributed by atoms with Crippen LogP contribution in [0.25, 0.3) is 10.9 Å². The van der Waals surface area contributed by atoms with Crippen molar-refractivity contribution in [1.82, 2.24) is 30.4 Å². The molecule has 3 N–H and O–H groups in total. The summed E-state index contributed by atoms with van der Waals surface area (Å²) in [4.78, 5) is 11.8. The summed E-state index contributed by atoms with van der Waals surface area (Å²) in [6.45, 7) is 3.87. The van der Waals surface area contributed by atoms with Crippen LogP contribution in [0, 0.1) is 13.8 Å². The van der Waals surface area contributed by atoms with Gasteiger partial charge in [-0.05, 0) is 42.3 Å². The van der Waals surface area contributed by atoms with E-state index < -0.39 is 17.7 Å². The smallest absolute Gasteiger partial charge is 0.335 e. The van der Waals surface area contributed by atoms with Crippen LogP contribution in [-0.2, 0) is 12.5 Å². The highest BCUT2D eigenvalue weighted by atomic mass is 19.3. The van der Waals surface area contributed by atoms with Crippen LogP contribution in [0.3, 0.4) is 0 Å². The third-order valence-corrected chi connectivity index (χ3v) is 4.91. The van der Waals surface area contributed by atoms with E-state index in [2.05, 4.69) is 25.7 Å². The molecular weight excluding hydrogens is 380 g/mol. The summed E-state index contributed by atoms with van der Waals surface area (Å²) in [5.41, 5.74) is 8.33. The Balaban J connectivity index is 1.84. The van der Waals surface area contributed by atoms with Crippen LogP contribution in [0.4, 0.5) is 8.78 Å². The number of alkyl halides is 2. The van der Waals surface area contributed by atoms with Gasteiger partial charge in [-0.3, -0.25) is 9.48 Å². The Morgan fingerprint density at radius 1 is 1.24 bits per heavy atom. The van der Waals surface area contributed by atoms with Crippen molar-refractivity contribution in [2.45, 2.75) is 26.3 Å². The monoisotopic (exact) mass is 397 g/mol. The van der Waals surface area contributed by atoms with Crippen LogP contribution >= 0.6 is 0 Å². The summed E-state index contributed by atoms with van der Waals surface area (Å²) in [6, 6.07) is 9.50. The second-order valence-electron chi connectivity index (χ2n) is 6.75. The maximum atomic E-state index is 14.8. The number of benzene rings is 2. The van der Waals surface area contributed by atoms with Gasteiger partial charge >= 0.3 is 5.92 Å². The SMILES string of the molecule is Cc1cccc(C(N)=O)c1Cn1nc(C)c2ccc(C(F)(F)c3nn[nH]n3)cc21. The number of aromatic amines is 1. The number of aryl methyl sites for hydroxylation is 2. The first-order valence-corrected chi connectivity index (χ1v) is 8.76. The summed E-state index contributed by atoms with van der Waals surface area (Å²) in [5, 5.41) is 17.3. The van der Waals surface area contributed by atoms with E-state index in [4.69, 9.17) is 5.73 Å². The molecule has 0 aliphatic carbocycles. The van der Waals surface area contributed by atoms with Crippen molar-refractivity contribution in [2.24, 2.45) is 5.73 Å². The van der Waals surface area contributed by atoms with E-state index in [0.29, 0.717) is 22.3 Å². The fraction of sp³-hybridized carbons (Fsp3) is 0.211. The zero-order valence-electron chi connectivity index (χ0n) is 15.6. The fourth-order valence-electron chi connectivity index (χ4n) is 3.37. The summed E-state index contributed by atoms with van der Waals surface area (Å²) in [7, 11) is 0. The Morgan fingerprint density at radius 3 is 2.72 bits per heavy atom. The lowest BCUT2D eigenvalue weighted by Crippen LogP contribution is -2.18. The number of nitrogens with one attached hydrogen (secondary N) is 1. The van der Waals surface area contributed by atoms with Crippen LogP contribution in [0.5, 0.6) is 0 Å². The minimum absolute atomic E-state index is 0.215. The van der Waals surface area contributed by atoms with Gasteiger partial charge in [-0.2, -0.15) is 19.1 Å². The number of nitrogens with zero attached hydrogens (tertiary/aromatic N) is 5. The molecule has 0 aliphatic rings. The average Bonchev–Trinajstić information content (AvgIpc) is 3.32. The lowest BCUT2D eigenvalue weighted by molar-refractivity contribution is 0.0330. The molecule has 0 spiro atoms. The molecule has 10 heteroatoms. The Labute approximate surface area is 163 Å². The number of halogens is 2. The number of aromatic nitrogens is 6. The van der Waals surface area contributed by atoms with Crippen LogP contribution < -0.4 is 5.73 Å². The largest absolute Gasteiger partial charge is 0.366 e. The molecule has 0 fully saturated rings. The van der Waals surface area contributed by atoms with Crippen molar-refractivity contribution < 1.29 is 13.6 Å². The molecule has 1 amide bonds. The maximum absolute atomic E-state index is 14.8. The topological polar surface area (TPSA) is 115 Å². The quantitative estimate of drug-likeness (QED) is 0.537. The van der Waals surface area contributed by atoms with Crippen molar-refractivity contribution in [3.05, 3.63) is 70.2 Å². The zero-order chi connectivity index (χ0) is 20.8. The van der Waals surface area contributed by atoms with Gasteiger partial charge in [0.15, 0.2) is 0 Å². The molecule has 2 aromatic heterocycles. The molecule has 8 nitrogen and oxygen atoms in total. The van der Waals surface area contributed by atoms with E-state index in [-0.39, 0.29) is 12.1 Å². The first-order valence-electron chi connectivity index (χ1n) is 8.76. The molecule has 0 bridgehead atoms. The van der Waals surface area contributed by atoms with Crippen molar-refractivity contribution in [3.63, 3.8) is 0 Å². The van der Waals surface area contributed by atoms with Gasteiger partial charge in [-0.15, -0.1) is 10.2 Å². The Hall–Kier alpha value is -3.69. The molecule has 29 heavy (non-hydrogen) atoms. The molecule has 4 rings (SSSR count). The van der Waals surface area contributed by atoms with Crippen molar-refractivity contribution in [2.75, 3.05) is 0 Å². The molecule has 2 aromatic carbocycles. The number of hydrogen-bond acceptors (Lipinski definition) is 5. The number of carbonyl (C=O) groups excluding carboxylic acids is 1. The molecule has 2 heterocycles. The number of nitrogens with two attached hydrogens (primary N) is 1. The first kappa shape index (κ1) is 18.7. The van der Waals surface area contributed by atoms with E-state index in [1.807, 2.05) is 13.0 Å². The predicted molar refractivity (Wildman–Crippen MR) is 100 cm³/mol. The van der Waals surface area contributed by atoms with Gasteiger partial charge < -0.3 is 5.73 Å². The standard InChI is InChI=1S/C19H17F2N7O/c1-10-4-3-5-14(17(22)29)15(10)9-28-16-8-12(6-7-13(16)11(2)25-28)19(20,21)18-23-26-27-24-18/h3-8H,9H2,1-2H3,(H2,22,29)(H,23,24,26,27). The van der Waals surface area contributed by atoms with Gasteiger partial charge in [0, 0.05) is 16.5 Å². The van der Waals surface area contributed by atoms with Crippen LogP contribution in [0.2, 0.25) is 0 Å². The second kappa shape index (κ2) is 6.73. The summed E-state index contributed by atoms with van der Waals surface area (Å²) < 4.78 is 31.1. The normalized spacial score (nSPS) is 11.9. The summed E-state index contributed by atoms with van der Waals surface area (Å²) in [5.74, 6) is -4.69. The molecule has 0 unspecified atom stereocenters. The molecular formula is C19H17F2N7O. The van der Waals surface area contributed by atoms with Crippen LogP contribution in [-0.4, -0.2) is 36.3 Å². The second-order valence-corrected chi connectivity index (χ2v) is 6.75. The number of H-pyrrole nitrogens is 1. The first-order chi connectivity index (χ1) is 13.8. The van der Waals surface area contributed by atoms with Gasteiger partial charge in [0.1, 0.15) is 0 Å². The summed E-state index contributed by atoms with van der Waals surface area (Å²) in [6.07, 6.45) is 0. The van der Waals surface area contributed by atoms with E-state index in [9.17, 15) is 13.6 Å². The van der Waals surface area contributed by atoms with Crippen molar-refractivity contribution >= 4 is 16.8 Å². The van der Waals surface area contributed by atoms with Gasteiger partial charge in [-0.25, -0.2) is 0 Å². The number of amides is 1. The molecule has 0 aliphatic heterocycles. The number of tetrazole rings is 1. The molecule has 4 aromatic rings. The zero-order valence-corrected chi connectivity index (χ0v) is 15.6. The summed E-state index contributed by atoms with van der Waals surface area (Å²) >= 11 is 0. The fourth-order valence-corrected chi connectivity index (χ4v) is 3.37. The number of carbonyl (C=O) groups is 1. The highest BCUT2D eigenvalue weighted by Gasteiger charge is 2.39. The molecule has 0 atom stereocenters. The third kappa shape index (κ3) is 3.12. The van der Waals surface area contributed by atoms with E-state index in [1.165, 1.54) is 12.1 Å². The van der Waals surface area contributed by atoms with Gasteiger partial charge in [-0.1, -0.05) is 24.3 Å². The van der Waals surface area contributed by atoms with Crippen LogP contribution in [0.1, 0.15) is 38.6 Å². The lowest BCUT2D eigenvalue weighted by Gasteiger charge is -2.14. The Morgan fingerprint density at radius 2 is 2.03 bits per heavy atom. The minimum atomic E-state index is -3.43. The maximum Gasteiger partial charge on any atom is 0.335 e. The number of primary amides is 1. The highest BCUT2D eigenvalue weighted by Crippen LogP contribution is 2.35. The Bertz CT molecular complexity index is 1220. The van der Waals surface area contributed by atoms with Crippen LogP contribution in [0.15, 0.2) is 36.4 Å². The van der Waals surface area contributed by atoms with Gasteiger partial charge in [0.05, 0.1) is 17.8 Å². The number of rotatable bonds is 5. The minimum Gasteiger partial charge on any atom is -0.366 e. The molecule has 148 valence electrons. The number of fused-ring (bicyclic) bond motifs is 1. The Kier molecular flexibility index (Phi) is 4.33. The van der Waals surface area contributed by atoms with Crippen molar-refractivity contribution in [1.29, 1.82) is 0 Å². The lowest BCUT2D eigenvalue weighted by atomic mass is 10.0. The highest BCUT2D eigenvalue weighted by molar-refractivity contribution is 5.94. The van der Waals surface area contributed by atoms with Gasteiger partial charge in [0.25, 0.3) is 0 Å². The van der Waals surface area contributed by atoms with Gasteiger partial charge in [0.2, 0.25) is 11.7 Å². The van der Waals surface area contributed by atoms with E-state index in [1.54, 1.807) is 29.8 Å². The molecule has 0 saturated heterocycles. The molecule has 0 radical (unpaired) electrons. The third-order valence-electron chi connectivity index (χ3n) is 4.91. The average molecular weight is 397 g/mol. The van der Waals surface area contributed by atoms with Crippen molar-refractivity contribution in [3.8, 4) is 0 Å². The predicted octanol–water partition coefficient (Wildman–Crippen LogP) is 2.45.